The Morgan fingerprint density at radius 1 is 0.865 bits per heavy atom. The second-order valence-electron chi connectivity index (χ2n) is 8.44. The highest BCUT2D eigenvalue weighted by Gasteiger charge is 2.14. The number of unbranched alkanes of at least 4 members (excludes halogenated alkanes) is 3. The molecule has 0 radical (unpaired) electrons. The number of nitro benzene ring substituents is 1. The van der Waals surface area contributed by atoms with Crippen LogP contribution in [0.5, 0.6) is 5.75 Å². The average Bonchev–Trinajstić information content (AvgIpc) is 2.90. The fourth-order valence-electron chi connectivity index (χ4n) is 3.66. The number of carbonyl (C=O) groups is 2. The molecule has 0 aliphatic rings. The molecule has 0 saturated carbocycles. The number of hydrogen-bond acceptors (Lipinski definition) is 7. The monoisotopic (exact) mass is 502 g/mol. The maximum atomic E-state index is 12.7. The van der Waals surface area contributed by atoms with Crippen molar-refractivity contribution in [2.75, 3.05) is 18.9 Å². The van der Waals surface area contributed by atoms with Crippen LogP contribution >= 0.6 is 0 Å². The lowest BCUT2D eigenvalue weighted by Crippen LogP contribution is -2.08. The molecule has 0 amide bonds. The van der Waals surface area contributed by atoms with E-state index < -0.39 is 10.9 Å². The highest BCUT2D eigenvalue weighted by atomic mass is 16.6. The first kappa shape index (κ1) is 27.1. The molecule has 192 valence electrons. The van der Waals surface area contributed by atoms with E-state index in [0.29, 0.717) is 29.9 Å². The minimum absolute atomic E-state index is 0.0340. The maximum absolute atomic E-state index is 12.7. The molecule has 0 fully saturated rings. The normalized spacial score (nSPS) is 10.8. The molecule has 8 heteroatoms. The third kappa shape index (κ3) is 8.31. The standard InChI is InChI=1S/C29H30N2O6/c1-2-7-21-8-10-22(11-9-21)28(32)23-12-14-27(15-13-23)36-16-5-3-4-6-17-37-29(33)24-18-25(30)20-26(19-24)31(34)35/h2,7-15,18-20H,3-6,16-17,30H2,1H3/b7-2+. The first-order valence-electron chi connectivity index (χ1n) is 12.1. The Kier molecular flexibility index (Phi) is 9.96. The van der Waals surface area contributed by atoms with Gasteiger partial charge in [0.2, 0.25) is 0 Å². The zero-order chi connectivity index (χ0) is 26.6. The van der Waals surface area contributed by atoms with E-state index >= 15 is 0 Å². The molecular formula is C29H30N2O6. The molecule has 0 heterocycles. The number of carbonyl (C=O) groups excluding carboxylic acids is 2. The number of rotatable bonds is 13. The number of allylic oxidation sites excluding steroid dienone is 1. The largest absolute Gasteiger partial charge is 0.494 e. The van der Waals surface area contributed by atoms with Gasteiger partial charge in [0.1, 0.15) is 5.75 Å². The van der Waals surface area contributed by atoms with Crippen molar-refractivity contribution < 1.29 is 24.0 Å². The van der Waals surface area contributed by atoms with E-state index in [4.69, 9.17) is 15.2 Å². The first-order chi connectivity index (χ1) is 17.9. The predicted octanol–water partition coefficient (Wildman–Crippen LogP) is 6.24. The van der Waals surface area contributed by atoms with Gasteiger partial charge in [-0.2, -0.15) is 0 Å². The highest BCUT2D eigenvalue weighted by molar-refractivity contribution is 6.09. The van der Waals surface area contributed by atoms with Crippen molar-refractivity contribution in [3.05, 3.63) is 105 Å². The lowest BCUT2D eigenvalue weighted by molar-refractivity contribution is -0.384. The Balaban J connectivity index is 1.32. The van der Waals surface area contributed by atoms with Crippen LogP contribution in [0, 0.1) is 10.1 Å². The van der Waals surface area contributed by atoms with Crippen LogP contribution in [0.25, 0.3) is 6.08 Å². The fraction of sp³-hybridized carbons (Fsp3) is 0.241. The van der Waals surface area contributed by atoms with E-state index in [2.05, 4.69) is 0 Å². The summed E-state index contributed by atoms with van der Waals surface area (Å²) in [5.74, 6) is 0.0321. The molecule has 0 aromatic heterocycles. The van der Waals surface area contributed by atoms with Crippen LogP contribution in [0.1, 0.15) is 64.4 Å². The van der Waals surface area contributed by atoms with Gasteiger partial charge < -0.3 is 15.2 Å². The SMILES string of the molecule is C/C=C/c1ccc(C(=O)c2ccc(OCCCCCCOC(=O)c3cc(N)cc([N+](=O)[O-])c3)cc2)cc1. The Hall–Kier alpha value is -4.46. The topological polar surface area (TPSA) is 122 Å². The lowest BCUT2D eigenvalue weighted by Gasteiger charge is -2.08. The Morgan fingerprint density at radius 2 is 1.49 bits per heavy atom. The second kappa shape index (κ2) is 13.6. The quantitative estimate of drug-likeness (QED) is 0.0733. The van der Waals surface area contributed by atoms with E-state index in [-0.39, 0.29) is 29.3 Å². The third-order valence-corrected chi connectivity index (χ3v) is 5.58. The zero-order valence-electron chi connectivity index (χ0n) is 20.7. The number of esters is 1. The number of hydrogen-bond donors (Lipinski definition) is 1. The summed E-state index contributed by atoms with van der Waals surface area (Å²) < 4.78 is 11.0. The summed E-state index contributed by atoms with van der Waals surface area (Å²) in [6.07, 6.45) is 7.16. The van der Waals surface area contributed by atoms with Crippen molar-refractivity contribution in [1.82, 2.24) is 0 Å². The van der Waals surface area contributed by atoms with Gasteiger partial charge in [-0.25, -0.2) is 4.79 Å². The van der Waals surface area contributed by atoms with Crippen LogP contribution in [0.4, 0.5) is 11.4 Å². The van der Waals surface area contributed by atoms with Crippen molar-refractivity contribution in [1.29, 1.82) is 0 Å². The van der Waals surface area contributed by atoms with Crippen molar-refractivity contribution >= 4 is 29.2 Å². The number of nitrogen functional groups attached to an aromatic ring is 1. The molecule has 0 spiro atoms. The summed E-state index contributed by atoms with van der Waals surface area (Å²) in [6, 6.07) is 18.3. The fourth-order valence-corrected chi connectivity index (χ4v) is 3.66. The molecule has 0 saturated heterocycles. The first-order valence-corrected chi connectivity index (χ1v) is 12.1. The molecule has 0 atom stereocenters. The van der Waals surface area contributed by atoms with Crippen LogP contribution in [0.3, 0.4) is 0 Å². The van der Waals surface area contributed by atoms with Crippen LogP contribution < -0.4 is 10.5 Å². The summed E-state index contributed by atoms with van der Waals surface area (Å²) in [5, 5.41) is 10.9. The number of ether oxygens (including phenoxy) is 2. The van der Waals surface area contributed by atoms with Gasteiger partial charge in [-0.15, -0.1) is 0 Å². The van der Waals surface area contributed by atoms with E-state index in [9.17, 15) is 19.7 Å². The summed E-state index contributed by atoms with van der Waals surface area (Å²) in [7, 11) is 0. The number of nitrogens with two attached hydrogens (primary N) is 1. The van der Waals surface area contributed by atoms with Gasteiger partial charge in [0.25, 0.3) is 5.69 Å². The van der Waals surface area contributed by atoms with Gasteiger partial charge in [-0.05, 0) is 68.5 Å². The maximum Gasteiger partial charge on any atom is 0.338 e. The van der Waals surface area contributed by atoms with Crippen molar-refractivity contribution in [2.24, 2.45) is 0 Å². The molecule has 8 nitrogen and oxygen atoms in total. The Labute approximate surface area is 215 Å². The number of ketones is 1. The zero-order valence-corrected chi connectivity index (χ0v) is 20.7. The summed E-state index contributed by atoms with van der Waals surface area (Å²) in [4.78, 5) is 35.1. The number of nitrogens with zero attached hydrogens (tertiary/aromatic N) is 1. The van der Waals surface area contributed by atoms with Crippen molar-refractivity contribution in [3.8, 4) is 5.75 Å². The molecule has 3 aromatic rings. The van der Waals surface area contributed by atoms with E-state index in [0.717, 1.165) is 30.9 Å². The molecule has 0 aliphatic carbocycles. The van der Waals surface area contributed by atoms with Gasteiger partial charge in [-0.3, -0.25) is 14.9 Å². The molecule has 0 aliphatic heterocycles. The van der Waals surface area contributed by atoms with Gasteiger partial charge >= 0.3 is 5.97 Å². The summed E-state index contributed by atoms with van der Waals surface area (Å²) >= 11 is 0. The minimum Gasteiger partial charge on any atom is -0.494 e. The Bertz CT molecular complexity index is 1250. The van der Waals surface area contributed by atoms with Crippen LogP contribution in [-0.2, 0) is 4.74 Å². The van der Waals surface area contributed by atoms with Crippen molar-refractivity contribution in [3.63, 3.8) is 0 Å². The molecule has 3 rings (SSSR count). The average molecular weight is 503 g/mol. The molecular weight excluding hydrogens is 472 g/mol. The van der Waals surface area contributed by atoms with E-state index in [1.807, 2.05) is 43.3 Å². The number of benzene rings is 3. The molecule has 37 heavy (non-hydrogen) atoms. The van der Waals surface area contributed by atoms with Gasteiger partial charge in [0.15, 0.2) is 5.78 Å². The van der Waals surface area contributed by atoms with Crippen molar-refractivity contribution in [2.45, 2.75) is 32.6 Å². The number of nitro groups is 1. The molecule has 0 unspecified atom stereocenters. The smallest absolute Gasteiger partial charge is 0.338 e. The molecule has 2 N–H and O–H groups in total. The van der Waals surface area contributed by atoms with Gasteiger partial charge in [0.05, 0.1) is 23.7 Å². The number of anilines is 1. The Morgan fingerprint density at radius 3 is 2.11 bits per heavy atom. The summed E-state index contributed by atoms with van der Waals surface area (Å²) in [6.45, 7) is 2.70. The van der Waals surface area contributed by atoms with Crippen LogP contribution in [0.15, 0.2) is 72.8 Å². The van der Waals surface area contributed by atoms with Gasteiger partial charge in [-0.1, -0.05) is 36.4 Å². The van der Waals surface area contributed by atoms with E-state index in [1.165, 1.54) is 12.1 Å². The number of non-ortho nitro benzene ring substituents is 1. The predicted molar refractivity (Wildman–Crippen MR) is 143 cm³/mol. The third-order valence-electron chi connectivity index (χ3n) is 5.58. The van der Waals surface area contributed by atoms with Crippen LogP contribution in [-0.4, -0.2) is 29.9 Å². The second-order valence-corrected chi connectivity index (χ2v) is 8.44. The highest BCUT2D eigenvalue weighted by Crippen LogP contribution is 2.20. The minimum atomic E-state index is -0.633. The molecule has 0 bridgehead atoms. The lowest BCUT2D eigenvalue weighted by atomic mass is 10.0. The molecule has 3 aromatic carbocycles. The van der Waals surface area contributed by atoms with Gasteiger partial charge in [0, 0.05) is 28.9 Å². The summed E-state index contributed by atoms with van der Waals surface area (Å²) in [5.41, 5.74) is 7.87. The van der Waals surface area contributed by atoms with Crippen LogP contribution in [0.2, 0.25) is 0 Å². The van der Waals surface area contributed by atoms with E-state index in [1.54, 1.807) is 24.3 Å².